The Labute approximate surface area is 161 Å². The minimum absolute atomic E-state index is 0.0921. The Bertz CT molecular complexity index is 637. The number of piperazine rings is 1. The van der Waals surface area contributed by atoms with Gasteiger partial charge in [0.2, 0.25) is 5.91 Å². The maximum atomic E-state index is 12.6. The highest BCUT2D eigenvalue weighted by molar-refractivity contribution is 7.14. The number of aryl methyl sites for hydroxylation is 1. The first-order valence-electron chi connectivity index (χ1n) is 9.75. The fourth-order valence-electron chi connectivity index (χ4n) is 4.15. The van der Waals surface area contributed by atoms with Gasteiger partial charge in [-0.15, -0.1) is 11.3 Å². The molecule has 1 aromatic heterocycles. The molecule has 1 aromatic rings. The van der Waals surface area contributed by atoms with Gasteiger partial charge in [-0.05, 0) is 59.0 Å². The van der Waals surface area contributed by atoms with Gasteiger partial charge in [0.05, 0.1) is 4.88 Å². The molecule has 0 spiro atoms. The van der Waals surface area contributed by atoms with E-state index in [2.05, 4.69) is 23.8 Å². The summed E-state index contributed by atoms with van der Waals surface area (Å²) in [5.74, 6) is 0.218. The largest absolute Gasteiger partial charge is 0.340 e. The summed E-state index contributed by atoms with van der Waals surface area (Å²) in [7, 11) is 2.19. The second kappa shape index (κ2) is 8.63. The van der Waals surface area contributed by atoms with Crippen LogP contribution in [0.1, 0.15) is 47.2 Å². The first kappa shape index (κ1) is 19.5. The Morgan fingerprint density at radius 3 is 2.46 bits per heavy atom. The van der Waals surface area contributed by atoms with Gasteiger partial charge in [0.1, 0.15) is 0 Å². The maximum absolute atomic E-state index is 12.6. The highest BCUT2D eigenvalue weighted by Gasteiger charge is 2.32. The number of carbonyl (C=O) groups excluding carboxylic acids is 2. The van der Waals surface area contributed by atoms with E-state index in [9.17, 15) is 9.59 Å². The summed E-state index contributed by atoms with van der Waals surface area (Å²) in [5.41, 5.74) is 0. The SMILES string of the molecule is Cc1ccc(C(=O)CCC(=O)N2CCN(C3CCN(C)CC3)[C@@H](C)C2)s1. The zero-order valence-corrected chi connectivity index (χ0v) is 17.1. The van der Waals surface area contributed by atoms with Gasteiger partial charge in [-0.1, -0.05) is 0 Å². The lowest BCUT2D eigenvalue weighted by atomic mass is 10.00. The molecule has 0 unspecified atom stereocenters. The molecule has 3 rings (SSSR count). The fourth-order valence-corrected chi connectivity index (χ4v) is 4.99. The summed E-state index contributed by atoms with van der Waals surface area (Å²) in [4.78, 5) is 33.6. The summed E-state index contributed by atoms with van der Waals surface area (Å²) >= 11 is 1.52. The number of nitrogens with zero attached hydrogens (tertiary/aromatic N) is 3. The molecule has 26 heavy (non-hydrogen) atoms. The van der Waals surface area contributed by atoms with Crippen molar-refractivity contribution in [1.29, 1.82) is 0 Å². The molecule has 1 amide bonds. The molecule has 0 N–H and O–H groups in total. The van der Waals surface area contributed by atoms with Crippen molar-refractivity contribution in [1.82, 2.24) is 14.7 Å². The number of hydrogen-bond donors (Lipinski definition) is 0. The number of thiophene rings is 1. The van der Waals surface area contributed by atoms with Crippen LogP contribution >= 0.6 is 11.3 Å². The molecule has 2 saturated heterocycles. The Morgan fingerprint density at radius 2 is 1.85 bits per heavy atom. The molecular weight excluding hydrogens is 346 g/mol. The van der Waals surface area contributed by atoms with Crippen LogP contribution in [0.3, 0.4) is 0 Å². The molecule has 144 valence electrons. The summed E-state index contributed by atoms with van der Waals surface area (Å²) in [6, 6.07) is 4.89. The van der Waals surface area contributed by atoms with Gasteiger partial charge in [-0.2, -0.15) is 0 Å². The topological polar surface area (TPSA) is 43.9 Å². The number of Topliss-reactive ketones (excluding diaryl/α,β-unsaturated/α-hetero) is 1. The highest BCUT2D eigenvalue weighted by Crippen LogP contribution is 2.22. The lowest BCUT2D eigenvalue weighted by Crippen LogP contribution is -2.58. The van der Waals surface area contributed by atoms with Crippen molar-refractivity contribution in [3.63, 3.8) is 0 Å². The van der Waals surface area contributed by atoms with Crippen LogP contribution in [0.5, 0.6) is 0 Å². The maximum Gasteiger partial charge on any atom is 0.223 e. The van der Waals surface area contributed by atoms with E-state index < -0.39 is 0 Å². The highest BCUT2D eigenvalue weighted by atomic mass is 32.1. The van der Waals surface area contributed by atoms with Gasteiger partial charge in [0.25, 0.3) is 0 Å². The van der Waals surface area contributed by atoms with Crippen LogP contribution in [0, 0.1) is 6.92 Å². The molecule has 6 heteroatoms. The number of hydrogen-bond acceptors (Lipinski definition) is 5. The third-order valence-electron chi connectivity index (χ3n) is 5.77. The fraction of sp³-hybridized carbons (Fsp3) is 0.700. The van der Waals surface area contributed by atoms with Crippen molar-refractivity contribution in [2.24, 2.45) is 0 Å². The minimum atomic E-state index is 0.0921. The number of amides is 1. The summed E-state index contributed by atoms with van der Waals surface area (Å²) in [5, 5.41) is 0. The third kappa shape index (κ3) is 4.72. The molecule has 2 aliphatic heterocycles. The second-order valence-electron chi connectivity index (χ2n) is 7.79. The molecule has 5 nitrogen and oxygen atoms in total. The Kier molecular flexibility index (Phi) is 6.48. The predicted octanol–water partition coefficient (Wildman–Crippen LogP) is 2.65. The van der Waals surface area contributed by atoms with Crippen molar-refractivity contribution >= 4 is 23.0 Å². The van der Waals surface area contributed by atoms with E-state index in [0.29, 0.717) is 24.9 Å². The molecule has 0 bridgehead atoms. The minimum Gasteiger partial charge on any atom is -0.340 e. The molecule has 2 aliphatic rings. The van der Waals surface area contributed by atoms with Crippen LogP contribution in [-0.2, 0) is 4.79 Å². The van der Waals surface area contributed by atoms with E-state index in [1.807, 2.05) is 24.0 Å². The number of carbonyl (C=O) groups is 2. The molecule has 0 saturated carbocycles. The average molecular weight is 378 g/mol. The summed E-state index contributed by atoms with van der Waals surface area (Å²) < 4.78 is 0. The first-order chi connectivity index (χ1) is 12.4. The summed E-state index contributed by atoms with van der Waals surface area (Å²) in [6.45, 7) is 9.11. The van der Waals surface area contributed by atoms with Gasteiger partial charge < -0.3 is 9.80 Å². The predicted molar refractivity (Wildman–Crippen MR) is 106 cm³/mol. The first-order valence-corrected chi connectivity index (χ1v) is 10.6. The average Bonchev–Trinajstić information content (AvgIpc) is 3.07. The zero-order chi connectivity index (χ0) is 18.7. The monoisotopic (exact) mass is 377 g/mol. The van der Waals surface area contributed by atoms with Crippen LogP contribution < -0.4 is 0 Å². The van der Waals surface area contributed by atoms with Crippen molar-refractivity contribution in [2.75, 3.05) is 39.8 Å². The lowest BCUT2D eigenvalue weighted by Gasteiger charge is -2.46. The van der Waals surface area contributed by atoms with Crippen molar-refractivity contribution in [3.05, 3.63) is 21.9 Å². The standard InChI is InChI=1S/C20H31N3O2S/c1-15-14-22(12-13-23(15)17-8-10-21(3)11-9-17)20(25)7-5-18(24)19-6-4-16(2)26-19/h4,6,15,17H,5,7-14H2,1-3H3/t15-/m0/s1. The van der Waals surface area contributed by atoms with E-state index >= 15 is 0 Å². The van der Waals surface area contributed by atoms with Crippen molar-refractivity contribution in [2.45, 2.75) is 51.6 Å². The number of ketones is 1. The Morgan fingerprint density at radius 1 is 1.12 bits per heavy atom. The van der Waals surface area contributed by atoms with Crippen LogP contribution in [0.15, 0.2) is 12.1 Å². The van der Waals surface area contributed by atoms with Crippen LogP contribution in [0.4, 0.5) is 0 Å². The normalized spacial score (nSPS) is 23.3. The molecule has 1 atom stereocenters. The van der Waals surface area contributed by atoms with Crippen LogP contribution in [0.2, 0.25) is 0 Å². The van der Waals surface area contributed by atoms with Gasteiger partial charge >= 0.3 is 0 Å². The van der Waals surface area contributed by atoms with Gasteiger partial charge in [-0.25, -0.2) is 0 Å². The lowest BCUT2D eigenvalue weighted by molar-refractivity contribution is -0.134. The van der Waals surface area contributed by atoms with Crippen molar-refractivity contribution < 1.29 is 9.59 Å². The van der Waals surface area contributed by atoms with E-state index in [0.717, 1.165) is 29.4 Å². The summed E-state index contributed by atoms with van der Waals surface area (Å²) in [6.07, 6.45) is 3.10. The van der Waals surface area contributed by atoms with E-state index in [1.165, 1.54) is 37.3 Å². The zero-order valence-electron chi connectivity index (χ0n) is 16.2. The van der Waals surface area contributed by atoms with E-state index in [1.54, 1.807) is 0 Å². The third-order valence-corrected chi connectivity index (χ3v) is 6.81. The van der Waals surface area contributed by atoms with Crippen molar-refractivity contribution in [3.8, 4) is 0 Å². The smallest absolute Gasteiger partial charge is 0.223 e. The quantitative estimate of drug-likeness (QED) is 0.740. The van der Waals surface area contributed by atoms with E-state index in [-0.39, 0.29) is 11.7 Å². The molecule has 2 fully saturated rings. The number of rotatable bonds is 5. The molecule has 0 aromatic carbocycles. The van der Waals surface area contributed by atoms with Gasteiger partial charge in [0.15, 0.2) is 5.78 Å². The van der Waals surface area contributed by atoms with Crippen LogP contribution in [-0.4, -0.2) is 78.2 Å². The Hall–Kier alpha value is -1.24. The molecular formula is C20H31N3O2S. The van der Waals surface area contributed by atoms with Crippen LogP contribution in [0.25, 0.3) is 0 Å². The molecule has 0 aliphatic carbocycles. The molecule has 0 radical (unpaired) electrons. The number of likely N-dealkylation sites (tertiary alicyclic amines) is 1. The number of piperidine rings is 1. The Balaban J connectivity index is 1.45. The van der Waals surface area contributed by atoms with E-state index in [4.69, 9.17) is 0 Å². The van der Waals surface area contributed by atoms with Gasteiger partial charge in [0, 0.05) is 49.4 Å². The molecule has 3 heterocycles. The second-order valence-corrected chi connectivity index (χ2v) is 9.08. The van der Waals surface area contributed by atoms with Gasteiger partial charge in [-0.3, -0.25) is 14.5 Å².